The Labute approximate surface area is 200 Å². The number of nitrogens with zero attached hydrogens (tertiary/aromatic N) is 3. The zero-order valence-corrected chi connectivity index (χ0v) is 20.2. The molecule has 0 radical (unpaired) electrons. The third-order valence-electron chi connectivity index (χ3n) is 6.66. The molecule has 1 aromatic heterocycles. The number of nitrogens with one attached hydrogen (secondary N) is 1. The van der Waals surface area contributed by atoms with Crippen molar-refractivity contribution in [3.63, 3.8) is 0 Å². The second kappa shape index (κ2) is 9.40. The van der Waals surface area contributed by atoms with E-state index in [1.165, 1.54) is 0 Å². The van der Waals surface area contributed by atoms with Gasteiger partial charge in [0.15, 0.2) is 5.76 Å². The number of furan rings is 1. The number of likely N-dealkylation sites (N-methyl/N-ethyl adjacent to an activating group) is 1. The molecule has 34 heavy (non-hydrogen) atoms. The van der Waals surface area contributed by atoms with E-state index in [-0.39, 0.29) is 10.7 Å². The summed E-state index contributed by atoms with van der Waals surface area (Å²) in [4.78, 5) is 17.8. The lowest BCUT2D eigenvalue weighted by Crippen LogP contribution is -2.44. The Kier molecular flexibility index (Phi) is 6.33. The maximum absolute atomic E-state index is 13.3. The summed E-state index contributed by atoms with van der Waals surface area (Å²) in [6, 6.07) is 14.2. The van der Waals surface area contributed by atoms with Crippen molar-refractivity contribution >= 4 is 38.3 Å². The van der Waals surface area contributed by atoms with Crippen molar-refractivity contribution in [1.29, 1.82) is 0 Å². The molecule has 2 saturated heterocycles. The fourth-order valence-electron chi connectivity index (χ4n) is 4.63. The number of fused-ring (bicyclic) bond motifs is 1. The van der Waals surface area contributed by atoms with Crippen molar-refractivity contribution in [2.45, 2.75) is 24.2 Å². The van der Waals surface area contributed by atoms with Crippen LogP contribution in [0.15, 0.2) is 57.8 Å². The monoisotopic (exact) mass is 482 g/mol. The van der Waals surface area contributed by atoms with Gasteiger partial charge in [-0.1, -0.05) is 24.6 Å². The van der Waals surface area contributed by atoms with Gasteiger partial charge in [-0.25, -0.2) is 8.42 Å². The molecule has 9 heteroatoms. The van der Waals surface area contributed by atoms with Gasteiger partial charge in [0.2, 0.25) is 10.0 Å². The number of rotatable bonds is 5. The minimum atomic E-state index is -3.63. The molecule has 0 unspecified atom stereocenters. The van der Waals surface area contributed by atoms with Crippen LogP contribution in [0, 0.1) is 0 Å². The Morgan fingerprint density at radius 3 is 2.38 bits per heavy atom. The largest absolute Gasteiger partial charge is 0.451 e. The standard InChI is InChI=1S/C25H30N4O4S/c1-27-13-15-28(16-14-27)22-10-9-20(34(31,32)29-11-5-2-6-12-29)18-21(22)26-25(30)24-17-19-7-3-4-8-23(19)33-24/h3-4,7-10,17-18H,2,5-6,11-16H2,1H3,(H,26,30). The summed E-state index contributed by atoms with van der Waals surface area (Å²) < 4.78 is 33.9. The lowest BCUT2D eigenvalue weighted by Gasteiger charge is -2.35. The number of hydrogen-bond acceptors (Lipinski definition) is 6. The van der Waals surface area contributed by atoms with Crippen LogP contribution in [-0.4, -0.2) is 69.8 Å². The second-order valence-corrected chi connectivity index (χ2v) is 11.0. The number of piperidine rings is 1. The van der Waals surface area contributed by atoms with Crippen molar-refractivity contribution < 1.29 is 17.6 Å². The van der Waals surface area contributed by atoms with E-state index in [1.54, 1.807) is 22.5 Å². The van der Waals surface area contributed by atoms with Gasteiger partial charge >= 0.3 is 0 Å². The smallest absolute Gasteiger partial charge is 0.291 e. The summed E-state index contributed by atoms with van der Waals surface area (Å²) in [5.74, 6) is -0.214. The highest BCUT2D eigenvalue weighted by atomic mass is 32.2. The Morgan fingerprint density at radius 1 is 0.912 bits per heavy atom. The maximum Gasteiger partial charge on any atom is 0.291 e. The lowest BCUT2D eigenvalue weighted by atomic mass is 10.2. The topological polar surface area (TPSA) is 86.1 Å². The molecule has 1 N–H and O–H groups in total. The van der Waals surface area contributed by atoms with Crippen LogP contribution in [0.2, 0.25) is 0 Å². The van der Waals surface area contributed by atoms with Crippen molar-refractivity contribution in [3.8, 4) is 0 Å². The third-order valence-corrected chi connectivity index (χ3v) is 8.56. The fraction of sp³-hybridized carbons (Fsp3) is 0.400. The number of amides is 1. The molecular weight excluding hydrogens is 452 g/mol. The first-order valence-electron chi connectivity index (χ1n) is 11.8. The highest BCUT2D eigenvalue weighted by Crippen LogP contribution is 2.32. The molecule has 2 aliphatic rings. The number of para-hydroxylation sites is 1. The van der Waals surface area contributed by atoms with Crippen LogP contribution in [0.5, 0.6) is 0 Å². The van der Waals surface area contributed by atoms with Gasteiger partial charge in [0.25, 0.3) is 5.91 Å². The molecule has 0 spiro atoms. The second-order valence-electron chi connectivity index (χ2n) is 9.04. The average molecular weight is 483 g/mol. The minimum Gasteiger partial charge on any atom is -0.451 e. The first-order chi connectivity index (χ1) is 16.4. The van der Waals surface area contributed by atoms with Crippen molar-refractivity contribution in [3.05, 3.63) is 54.3 Å². The van der Waals surface area contributed by atoms with Gasteiger partial charge in [0.05, 0.1) is 16.3 Å². The average Bonchev–Trinajstić information content (AvgIpc) is 3.30. The SMILES string of the molecule is CN1CCN(c2ccc(S(=O)(=O)N3CCCCC3)cc2NC(=O)c2cc3ccccc3o2)CC1. The van der Waals surface area contributed by atoms with Crippen LogP contribution < -0.4 is 10.2 Å². The predicted molar refractivity (Wildman–Crippen MR) is 133 cm³/mol. The fourth-order valence-corrected chi connectivity index (χ4v) is 6.17. The zero-order chi connectivity index (χ0) is 23.7. The molecule has 2 fully saturated rings. The van der Waals surface area contributed by atoms with E-state index in [4.69, 9.17) is 4.42 Å². The number of benzene rings is 2. The molecule has 5 rings (SSSR count). The van der Waals surface area contributed by atoms with Gasteiger partial charge in [0, 0.05) is 44.7 Å². The van der Waals surface area contributed by atoms with Gasteiger partial charge < -0.3 is 19.5 Å². The van der Waals surface area contributed by atoms with E-state index in [2.05, 4.69) is 22.2 Å². The van der Waals surface area contributed by atoms with Gasteiger partial charge in [0.1, 0.15) is 5.58 Å². The molecule has 2 aromatic carbocycles. The minimum absolute atomic E-state index is 0.190. The van der Waals surface area contributed by atoms with Crippen molar-refractivity contribution in [2.24, 2.45) is 0 Å². The Morgan fingerprint density at radius 2 is 1.65 bits per heavy atom. The van der Waals surface area contributed by atoms with Crippen LogP contribution in [0.3, 0.4) is 0 Å². The first-order valence-corrected chi connectivity index (χ1v) is 13.2. The molecule has 0 atom stereocenters. The Bertz CT molecular complexity index is 1260. The van der Waals surface area contributed by atoms with Crippen LogP contribution in [0.1, 0.15) is 29.8 Å². The third kappa shape index (κ3) is 4.55. The summed E-state index contributed by atoms with van der Waals surface area (Å²) in [6.07, 6.45) is 2.79. The van der Waals surface area contributed by atoms with E-state index >= 15 is 0 Å². The Balaban J connectivity index is 1.49. The molecular formula is C25H30N4O4S. The number of carbonyl (C=O) groups is 1. The van der Waals surface area contributed by atoms with E-state index in [9.17, 15) is 13.2 Å². The Hall–Kier alpha value is -2.88. The van der Waals surface area contributed by atoms with Gasteiger partial charge in [-0.15, -0.1) is 0 Å². The van der Waals surface area contributed by atoms with E-state index < -0.39 is 15.9 Å². The lowest BCUT2D eigenvalue weighted by molar-refractivity contribution is 0.0998. The number of hydrogen-bond donors (Lipinski definition) is 1. The van der Waals surface area contributed by atoms with Crippen molar-refractivity contribution in [2.75, 3.05) is 56.5 Å². The molecule has 3 aromatic rings. The highest BCUT2D eigenvalue weighted by Gasteiger charge is 2.28. The molecule has 2 aliphatic heterocycles. The van der Waals surface area contributed by atoms with Gasteiger partial charge in [-0.05, 0) is 50.2 Å². The van der Waals surface area contributed by atoms with Crippen LogP contribution in [0.4, 0.5) is 11.4 Å². The highest BCUT2D eigenvalue weighted by molar-refractivity contribution is 7.89. The quantitative estimate of drug-likeness (QED) is 0.598. The maximum atomic E-state index is 13.3. The molecule has 3 heterocycles. The van der Waals surface area contributed by atoms with Gasteiger partial charge in [-0.2, -0.15) is 4.31 Å². The number of anilines is 2. The summed E-state index contributed by atoms with van der Waals surface area (Å²) in [5.41, 5.74) is 1.93. The van der Waals surface area contributed by atoms with Crippen molar-refractivity contribution in [1.82, 2.24) is 9.21 Å². The normalized spacial score (nSPS) is 18.3. The molecule has 0 bridgehead atoms. The molecule has 180 valence electrons. The van der Waals surface area contributed by atoms with Crippen LogP contribution >= 0.6 is 0 Å². The number of piperazine rings is 1. The van der Waals surface area contributed by atoms with E-state index in [0.29, 0.717) is 24.4 Å². The summed E-state index contributed by atoms with van der Waals surface area (Å²) in [5, 5.41) is 3.78. The predicted octanol–water partition coefficient (Wildman–Crippen LogP) is 3.61. The summed E-state index contributed by atoms with van der Waals surface area (Å²) in [7, 11) is -1.55. The summed E-state index contributed by atoms with van der Waals surface area (Å²) in [6.45, 7) is 4.44. The number of carbonyl (C=O) groups excluding carboxylic acids is 1. The molecule has 0 saturated carbocycles. The number of sulfonamides is 1. The van der Waals surface area contributed by atoms with Crippen LogP contribution in [-0.2, 0) is 10.0 Å². The van der Waals surface area contributed by atoms with E-state index in [0.717, 1.165) is 56.5 Å². The molecule has 1 amide bonds. The molecule has 8 nitrogen and oxygen atoms in total. The van der Waals surface area contributed by atoms with Crippen LogP contribution in [0.25, 0.3) is 11.0 Å². The van der Waals surface area contributed by atoms with Gasteiger partial charge in [-0.3, -0.25) is 4.79 Å². The first kappa shape index (κ1) is 22.9. The molecule has 0 aliphatic carbocycles. The summed E-state index contributed by atoms with van der Waals surface area (Å²) >= 11 is 0. The van der Waals surface area contributed by atoms with E-state index in [1.807, 2.05) is 30.3 Å². The zero-order valence-electron chi connectivity index (χ0n) is 19.4.